The van der Waals surface area contributed by atoms with Gasteiger partial charge in [-0.05, 0) is 54.9 Å². The van der Waals surface area contributed by atoms with Gasteiger partial charge >= 0.3 is 5.69 Å². The number of nitro groups is 1. The SMILES string of the molecule is COc1ccc(CCNc2ncnc(N3CCC(Cc4ccccc4)CC3)c2[N+](=O)[O-])cc1OC. The van der Waals surface area contributed by atoms with E-state index < -0.39 is 0 Å². The van der Waals surface area contributed by atoms with Crippen LogP contribution in [0.3, 0.4) is 0 Å². The van der Waals surface area contributed by atoms with Crippen LogP contribution in [0, 0.1) is 16.0 Å². The number of aromatic nitrogens is 2. The van der Waals surface area contributed by atoms with Crippen LogP contribution in [0.15, 0.2) is 54.9 Å². The third kappa shape index (κ3) is 5.98. The summed E-state index contributed by atoms with van der Waals surface area (Å²) in [7, 11) is 3.19. The van der Waals surface area contributed by atoms with E-state index in [9.17, 15) is 10.1 Å². The molecule has 1 aliphatic heterocycles. The fourth-order valence-electron chi connectivity index (χ4n) is 4.56. The van der Waals surface area contributed by atoms with E-state index in [1.165, 1.54) is 11.9 Å². The molecule has 1 aromatic heterocycles. The zero-order valence-corrected chi connectivity index (χ0v) is 20.1. The first kappa shape index (κ1) is 24.3. The van der Waals surface area contributed by atoms with Gasteiger partial charge in [0.15, 0.2) is 11.5 Å². The van der Waals surface area contributed by atoms with Crippen LogP contribution in [-0.2, 0) is 12.8 Å². The summed E-state index contributed by atoms with van der Waals surface area (Å²) in [5.74, 6) is 2.50. The molecule has 1 fully saturated rings. The van der Waals surface area contributed by atoms with Gasteiger partial charge in [0.25, 0.3) is 0 Å². The lowest BCUT2D eigenvalue weighted by Crippen LogP contribution is -2.35. The normalized spacial score (nSPS) is 13.9. The standard InChI is InChI=1S/C26H31N5O4/c1-34-22-9-8-20(17-23(22)35-2)10-13-27-25-24(31(32)33)26(29-18-28-25)30-14-11-21(12-15-30)16-19-6-4-3-5-7-19/h3-9,17-18,21H,10-16H2,1-2H3,(H,27,28,29). The van der Waals surface area contributed by atoms with Gasteiger partial charge in [-0.2, -0.15) is 0 Å². The molecule has 3 aromatic rings. The molecule has 2 aromatic carbocycles. The Morgan fingerprint density at radius 2 is 1.77 bits per heavy atom. The van der Waals surface area contributed by atoms with Crippen molar-refractivity contribution in [2.45, 2.75) is 25.7 Å². The fraction of sp³-hybridized carbons (Fsp3) is 0.385. The van der Waals surface area contributed by atoms with E-state index in [2.05, 4.69) is 39.6 Å². The molecule has 0 aliphatic carbocycles. The van der Waals surface area contributed by atoms with Crippen LogP contribution in [0.5, 0.6) is 11.5 Å². The summed E-state index contributed by atoms with van der Waals surface area (Å²) >= 11 is 0. The van der Waals surface area contributed by atoms with Crippen molar-refractivity contribution in [3.8, 4) is 11.5 Å². The Morgan fingerprint density at radius 3 is 2.46 bits per heavy atom. The number of anilines is 2. The molecule has 0 unspecified atom stereocenters. The van der Waals surface area contributed by atoms with Gasteiger partial charge < -0.3 is 19.7 Å². The lowest BCUT2D eigenvalue weighted by atomic mass is 9.90. The largest absolute Gasteiger partial charge is 0.493 e. The van der Waals surface area contributed by atoms with Gasteiger partial charge in [0.2, 0.25) is 11.6 Å². The summed E-state index contributed by atoms with van der Waals surface area (Å²) < 4.78 is 10.6. The maximum atomic E-state index is 12.0. The van der Waals surface area contributed by atoms with Crippen LogP contribution in [0.1, 0.15) is 24.0 Å². The van der Waals surface area contributed by atoms with Crippen molar-refractivity contribution >= 4 is 17.3 Å². The van der Waals surface area contributed by atoms with Gasteiger partial charge in [0.1, 0.15) is 6.33 Å². The van der Waals surface area contributed by atoms with E-state index >= 15 is 0 Å². The quantitative estimate of drug-likeness (QED) is 0.336. The lowest BCUT2D eigenvalue weighted by molar-refractivity contribution is -0.383. The molecular weight excluding hydrogens is 446 g/mol. The van der Waals surface area contributed by atoms with Crippen LogP contribution in [0.2, 0.25) is 0 Å². The first-order chi connectivity index (χ1) is 17.1. The Balaban J connectivity index is 1.40. The van der Waals surface area contributed by atoms with E-state index in [0.717, 1.165) is 37.9 Å². The van der Waals surface area contributed by atoms with Crippen LogP contribution in [0.25, 0.3) is 0 Å². The molecule has 1 N–H and O–H groups in total. The van der Waals surface area contributed by atoms with Gasteiger partial charge in [-0.3, -0.25) is 10.1 Å². The van der Waals surface area contributed by atoms with E-state index in [4.69, 9.17) is 9.47 Å². The molecule has 0 bridgehead atoms. The number of hydrogen-bond acceptors (Lipinski definition) is 8. The van der Waals surface area contributed by atoms with Gasteiger partial charge in [0.05, 0.1) is 19.1 Å². The van der Waals surface area contributed by atoms with Gasteiger partial charge in [-0.1, -0.05) is 36.4 Å². The maximum Gasteiger partial charge on any atom is 0.353 e. The maximum absolute atomic E-state index is 12.0. The minimum Gasteiger partial charge on any atom is -0.493 e. The summed E-state index contributed by atoms with van der Waals surface area (Å²) in [5, 5.41) is 15.1. The molecule has 35 heavy (non-hydrogen) atoms. The van der Waals surface area contributed by atoms with Crippen molar-refractivity contribution < 1.29 is 14.4 Å². The Kier molecular flexibility index (Phi) is 7.97. The molecule has 9 heteroatoms. The smallest absolute Gasteiger partial charge is 0.353 e. The van der Waals surface area contributed by atoms with Crippen molar-refractivity contribution in [1.29, 1.82) is 0 Å². The predicted molar refractivity (Wildman–Crippen MR) is 136 cm³/mol. The van der Waals surface area contributed by atoms with Crippen LogP contribution >= 0.6 is 0 Å². The molecular formula is C26H31N5O4. The third-order valence-corrected chi connectivity index (χ3v) is 6.42. The molecule has 0 atom stereocenters. The highest BCUT2D eigenvalue weighted by atomic mass is 16.6. The summed E-state index contributed by atoms with van der Waals surface area (Å²) in [6, 6.07) is 16.2. The monoisotopic (exact) mass is 477 g/mol. The topological polar surface area (TPSA) is 103 Å². The van der Waals surface area contributed by atoms with Crippen molar-refractivity contribution in [2.24, 2.45) is 5.92 Å². The Hall–Kier alpha value is -3.88. The highest BCUT2D eigenvalue weighted by Crippen LogP contribution is 2.35. The number of methoxy groups -OCH3 is 2. The minimum absolute atomic E-state index is 0.0682. The van der Waals surface area contributed by atoms with Crippen LogP contribution in [-0.4, -0.2) is 48.7 Å². The first-order valence-electron chi connectivity index (χ1n) is 11.8. The second-order valence-electron chi connectivity index (χ2n) is 8.64. The third-order valence-electron chi connectivity index (χ3n) is 6.42. The average Bonchev–Trinajstić information content (AvgIpc) is 2.89. The highest BCUT2D eigenvalue weighted by molar-refractivity contribution is 5.70. The molecule has 2 heterocycles. The van der Waals surface area contributed by atoms with Gasteiger partial charge in [-0.15, -0.1) is 0 Å². The Bertz CT molecular complexity index is 1130. The van der Waals surface area contributed by atoms with E-state index in [0.29, 0.717) is 36.2 Å². The van der Waals surface area contributed by atoms with E-state index in [1.807, 2.05) is 29.2 Å². The molecule has 184 valence electrons. The number of ether oxygens (including phenoxy) is 2. The molecule has 1 saturated heterocycles. The number of piperidine rings is 1. The summed E-state index contributed by atoms with van der Waals surface area (Å²) in [4.78, 5) is 22.1. The molecule has 4 rings (SSSR count). The number of rotatable bonds is 10. The van der Waals surface area contributed by atoms with Crippen LogP contribution in [0.4, 0.5) is 17.3 Å². The van der Waals surface area contributed by atoms with Crippen molar-refractivity contribution in [1.82, 2.24) is 9.97 Å². The van der Waals surface area contributed by atoms with Gasteiger partial charge in [-0.25, -0.2) is 9.97 Å². The molecule has 0 spiro atoms. The second-order valence-corrected chi connectivity index (χ2v) is 8.64. The lowest BCUT2D eigenvalue weighted by Gasteiger charge is -2.32. The molecule has 0 amide bonds. The van der Waals surface area contributed by atoms with Gasteiger partial charge in [0, 0.05) is 19.6 Å². The zero-order valence-electron chi connectivity index (χ0n) is 20.1. The first-order valence-corrected chi connectivity index (χ1v) is 11.8. The van der Waals surface area contributed by atoms with E-state index in [-0.39, 0.29) is 16.4 Å². The second kappa shape index (κ2) is 11.5. The number of nitrogens with zero attached hydrogens (tertiary/aromatic N) is 4. The van der Waals surface area contributed by atoms with Crippen molar-refractivity contribution in [2.75, 3.05) is 44.1 Å². The fourth-order valence-corrected chi connectivity index (χ4v) is 4.56. The summed E-state index contributed by atoms with van der Waals surface area (Å²) in [6.45, 7) is 1.95. The number of benzene rings is 2. The van der Waals surface area contributed by atoms with Crippen molar-refractivity contribution in [3.05, 3.63) is 76.1 Å². The average molecular weight is 478 g/mol. The number of nitrogens with one attached hydrogen (secondary N) is 1. The molecule has 1 aliphatic rings. The summed E-state index contributed by atoms with van der Waals surface area (Å²) in [5.41, 5.74) is 2.29. The highest BCUT2D eigenvalue weighted by Gasteiger charge is 2.29. The molecule has 0 radical (unpaired) electrons. The van der Waals surface area contributed by atoms with Crippen molar-refractivity contribution in [3.63, 3.8) is 0 Å². The zero-order chi connectivity index (χ0) is 24.6. The predicted octanol–water partition coefficient (Wildman–Crippen LogP) is 4.52. The van der Waals surface area contributed by atoms with E-state index in [1.54, 1.807) is 14.2 Å². The molecule has 0 saturated carbocycles. The van der Waals surface area contributed by atoms with Crippen LogP contribution < -0.4 is 19.7 Å². The Labute approximate surface area is 205 Å². The minimum atomic E-state index is -0.385. The number of hydrogen-bond donors (Lipinski definition) is 1. The molecule has 9 nitrogen and oxygen atoms in total. The summed E-state index contributed by atoms with van der Waals surface area (Å²) in [6.07, 6.45) is 5.01. The Morgan fingerprint density at radius 1 is 1.03 bits per heavy atom.